The molecule has 1 heterocycles. The number of nitrogens with one attached hydrogen (secondary N) is 1. The Bertz CT molecular complexity index is 899. The van der Waals surface area contributed by atoms with Gasteiger partial charge in [-0.15, -0.1) is 0 Å². The Hall–Kier alpha value is -3.03. The molecule has 2 aromatic rings. The Morgan fingerprint density at radius 3 is 2.41 bits per heavy atom. The topological polar surface area (TPSA) is 90.3 Å². The minimum absolute atomic E-state index is 0.0222. The zero-order valence-corrected chi connectivity index (χ0v) is 15.7. The Labute approximate surface area is 156 Å². The molecule has 0 aliphatic heterocycles. The molecule has 0 saturated heterocycles. The van der Waals surface area contributed by atoms with Crippen LogP contribution in [0.25, 0.3) is 5.69 Å². The smallest absolute Gasteiger partial charge is 0.360 e. The van der Waals surface area contributed by atoms with E-state index in [2.05, 4.69) is 10.4 Å². The minimum Gasteiger partial charge on any atom is -0.461 e. The van der Waals surface area contributed by atoms with Crippen molar-refractivity contribution >= 4 is 17.6 Å². The van der Waals surface area contributed by atoms with Crippen LogP contribution in [0.2, 0.25) is 0 Å². The summed E-state index contributed by atoms with van der Waals surface area (Å²) in [5.41, 5.74) is -0.806. The van der Waals surface area contributed by atoms with E-state index in [0.29, 0.717) is 0 Å². The Morgan fingerprint density at radius 1 is 1.22 bits per heavy atom. The molecule has 0 fully saturated rings. The Kier molecular flexibility index (Phi) is 6.09. The van der Waals surface area contributed by atoms with Gasteiger partial charge in [0.25, 0.3) is 5.56 Å². The molecular formula is C19H22FN3O4. The lowest BCUT2D eigenvalue weighted by Gasteiger charge is -2.18. The highest BCUT2D eigenvalue weighted by Crippen LogP contribution is 2.20. The average molecular weight is 375 g/mol. The fourth-order valence-corrected chi connectivity index (χ4v) is 2.34. The maximum absolute atomic E-state index is 13.1. The van der Waals surface area contributed by atoms with E-state index in [-0.39, 0.29) is 41.4 Å². The maximum Gasteiger partial charge on any atom is 0.360 e. The van der Waals surface area contributed by atoms with Crippen molar-refractivity contribution in [3.63, 3.8) is 0 Å². The van der Waals surface area contributed by atoms with Crippen molar-refractivity contribution in [1.29, 1.82) is 0 Å². The number of nitrogens with zero attached hydrogens (tertiary/aromatic N) is 2. The predicted molar refractivity (Wildman–Crippen MR) is 98.5 cm³/mol. The molecule has 0 saturated carbocycles. The van der Waals surface area contributed by atoms with Crippen LogP contribution in [0.1, 0.15) is 44.6 Å². The van der Waals surface area contributed by atoms with Crippen LogP contribution in [0.15, 0.2) is 35.1 Å². The van der Waals surface area contributed by atoms with Gasteiger partial charge in [-0.05, 0) is 36.6 Å². The van der Waals surface area contributed by atoms with Crippen LogP contribution in [0, 0.1) is 11.2 Å². The van der Waals surface area contributed by atoms with Crippen molar-refractivity contribution in [2.75, 3.05) is 11.9 Å². The molecule has 1 amide bonds. The standard InChI is InChI=1S/C19H22FN3O4/c1-5-27-18(26)17-14(21-15(24)11-19(2,3)4)10-16(25)23(22-17)13-8-6-12(20)7-9-13/h6-10H,5,11H2,1-4H3,(H,21,24). The van der Waals surface area contributed by atoms with Crippen LogP contribution in [0.4, 0.5) is 10.1 Å². The van der Waals surface area contributed by atoms with Gasteiger partial charge in [-0.25, -0.2) is 9.18 Å². The first-order chi connectivity index (χ1) is 12.6. The van der Waals surface area contributed by atoms with Gasteiger partial charge in [-0.3, -0.25) is 9.59 Å². The van der Waals surface area contributed by atoms with Crippen molar-refractivity contribution in [1.82, 2.24) is 9.78 Å². The molecule has 27 heavy (non-hydrogen) atoms. The molecule has 0 radical (unpaired) electrons. The number of halogens is 1. The van der Waals surface area contributed by atoms with Gasteiger partial charge < -0.3 is 10.1 Å². The molecule has 1 N–H and O–H groups in total. The zero-order chi connectivity index (χ0) is 20.2. The number of anilines is 1. The number of esters is 1. The number of hydrogen-bond acceptors (Lipinski definition) is 5. The second-order valence-electron chi connectivity index (χ2n) is 7.14. The quantitative estimate of drug-likeness (QED) is 0.812. The summed E-state index contributed by atoms with van der Waals surface area (Å²) >= 11 is 0. The Morgan fingerprint density at radius 2 is 1.85 bits per heavy atom. The first kappa shape index (κ1) is 20.3. The molecule has 0 spiro atoms. The van der Waals surface area contributed by atoms with Crippen molar-refractivity contribution in [2.45, 2.75) is 34.1 Å². The van der Waals surface area contributed by atoms with E-state index in [9.17, 15) is 18.8 Å². The summed E-state index contributed by atoms with van der Waals surface area (Å²) in [6, 6.07) is 6.16. The van der Waals surface area contributed by atoms with Crippen LogP contribution in [-0.4, -0.2) is 28.3 Å². The first-order valence-electron chi connectivity index (χ1n) is 8.48. The number of carbonyl (C=O) groups is 2. The zero-order valence-electron chi connectivity index (χ0n) is 15.7. The maximum atomic E-state index is 13.1. The van der Waals surface area contributed by atoms with Crippen LogP contribution >= 0.6 is 0 Å². The Balaban J connectivity index is 2.48. The number of amides is 1. The van der Waals surface area contributed by atoms with E-state index in [4.69, 9.17) is 4.74 Å². The number of benzene rings is 1. The predicted octanol–water partition coefficient (Wildman–Crippen LogP) is 2.92. The summed E-state index contributed by atoms with van der Waals surface area (Å²) in [5, 5.41) is 6.59. The molecule has 0 bridgehead atoms. The van der Waals surface area contributed by atoms with Gasteiger partial charge in [-0.1, -0.05) is 20.8 Å². The lowest BCUT2D eigenvalue weighted by Crippen LogP contribution is -2.28. The van der Waals surface area contributed by atoms with E-state index >= 15 is 0 Å². The van der Waals surface area contributed by atoms with Crippen molar-refractivity contribution in [3.8, 4) is 5.69 Å². The van der Waals surface area contributed by atoms with E-state index < -0.39 is 17.3 Å². The summed E-state index contributed by atoms with van der Waals surface area (Å²) in [6.07, 6.45) is 0.191. The monoisotopic (exact) mass is 375 g/mol. The largest absolute Gasteiger partial charge is 0.461 e. The number of carbonyl (C=O) groups excluding carboxylic acids is 2. The second-order valence-corrected chi connectivity index (χ2v) is 7.14. The summed E-state index contributed by atoms with van der Waals surface area (Å²) < 4.78 is 19.0. The van der Waals surface area contributed by atoms with Gasteiger partial charge in [0, 0.05) is 12.5 Å². The van der Waals surface area contributed by atoms with Gasteiger partial charge in [0.15, 0.2) is 5.69 Å². The molecule has 0 aliphatic rings. The fourth-order valence-electron chi connectivity index (χ4n) is 2.34. The summed E-state index contributed by atoms with van der Waals surface area (Å²) in [4.78, 5) is 36.9. The van der Waals surface area contributed by atoms with E-state index in [1.165, 1.54) is 24.3 Å². The van der Waals surface area contributed by atoms with E-state index in [1.807, 2.05) is 20.8 Å². The molecule has 2 rings (SSSR count). The highest BCUT2D eigenvalue weighted by molar-refractivity contribution is 5.99. The number of rotatable bonds is 5. The van der Waals surface area contributed by atoms with Gasteiger partial charge in [0.2, 0.25) is 5.91 Å². The minimum atomic E-state index is -0.778. The molecule has 0 atom stereocenters. The number of ether oxygens (including phenoxy) is 1. The molecular weight excluding hydrogens is 353 g/mol. The highest BCUT2D eigenvalue weighted by Gasteiger charge is 2.22. The molecule has 8 heteroatoms. The molecule has 1 aromatic heterocycles. The van der Waals surface area contributed by atoms with E-state index in [0.717, 1.165) is 10.7 Å². The lowest BCUT2D eigenvalue weighted by molar-refractivity contribution is -0.117. The summed E-state index contributed by atoms with van der Waals surface area (Å²) in [7, 11) is 0. The second kappa shape index (κ2) is 8.11. The van der Waals surface area contributed by atoms with E-state index in [1.54, 1.807) is 6.92 Å². The van der Waals surface area contributed by atoms with Crippen molar-refractivity contribution in [3.05, 3.63) is 52.2 Å². The average Bonchev–Trinajstić information content (AvgIpc) is 2.54. The van der Waals surface area contributed by atoms with Crippen LogP contribution in [-0.2, 0) is 9.53 Å². The summed E-state index contributed by atoms with van der Waals surface area (Å²) in [5.74, 6) is -1.60. The number of aromatic nitrogens is 2. The lowest BCUT2D eigenvalue weighted by atomic mass is 9.92. The highest BCUT2D eigenvalue weighted by atomic mass is 19.1. The SMILES string of the molecule is CCOC(=O)c1nn(-c2ccc(F)cc2)c(=O)cc1NC(=O)CC(C)(C)C. The van der Waals surface area contributed by atoms with Gasteiger partial charge >= 0.3 is 5.97 Å². The van der Waals surface area contributed by atoms with Crippen LogP contribution < -0.4 is 10.9 Å². The van der Waals surface area contributed by atoms with Crippen molar-refractivity contribution in [2.24, 2.45) is 5.41 Å². The third-order valence-corrected chi connectivity index (χ3v) is 3.44. The fraction of sp³-hybridized carbons (Fsp3) is 0.368. The normalized spacial score (nSPS) is 11.1. The number of hydrogen-bond donors (Lipinski definition) is 1. The first-order valence-corrected chi connectivity index (χ1v) is 8.48. The summed E-state index contributed by atoms with van der Waals surface area (Å²) in [6.45, 7) is 7.41. The third kappa shape index (κ3) is 5.47. The van der Waals surface area contributed by atoms with Gasteiger partial charge in [-0.2, -0.15) is 9.78 Å². The third-order valence-electron chi connectivity index (χ3n) is 3.44. The molecule has 0 unspecified atom stereocenters. The van der Waals surface area contributed by atoms with Crippen molar-refractivity contribution < 1.29 is 18.7 Å². The molecule has 1 aromatic carbocycles. The van der Waals surface area contributed by atoms with Gasteiger partial charge in [0.05, 0.1) is 18.0 Å². The van der Waals surface area contributed by atoms with Crippen LogP contribution in [0.3, 0.4) is 0 Å². The van der Waals surface area contributed by atoms with Gasteiger partial charge in [0.1, 0.15) is 5.82 Å². The molecule has 144 valence electrons. The van der Waals surface area contributed by atoms with Crippen LogP contribution in [0.5, 0.6) is 0 Å². The molecule has 7 nitrogen and oxygen atoms in total. The molecule has 0 aliphatic carbocycles.